The normalized spacial score (nSPS) is 16.3. The van der Waals surface area contributed by atoms with Gasteiger partial charge in [-0.3, -0.25) is 4.79 Å². The van der Waals surface area contributed by atoms with Crippen molar-refractivity contribution in [2.24, 2.45) is 5.73 Å². The lowest BCUT2D eigenvalue weighted by Gasteiger charge is -2.32. The van der Waals surface area contributed by atoms with Gasteiger partial charge in [-0.1, -0.05) is 12.1 Å². The lowest BCUT2D eigenvalue weighted by atomic mass is 9.91. The minimum Gasteiger partial charge on any atom is -0.465 e. The summed E-state index contributed by atoms with van der Waals surface area (Å²) in [5.41, 5.74) is 11.7. The van der Waals surface area contributed by atoms with E-state index < -0.39 is 0 Å². The van der Waals surface area contributed by atoms with E-state index in [1.807, 2.05) is 31.2 Å². The van der Waals surface area contributed by atoms with E-state index in [2.05, 4.69) is 6.07 Å². The highest BCUT2D eigenvalue weighted by molar-refractivity contribution is 5.94. The zero-order valence-corrected chi connectivity index (χ0v) is 14.7. The molecule has 0 saturated heterocycles. The Hall–Kier alpha value is -2.66. The van der Waals surface area contributed by atoms with Crippen LogP contribution in [0.25, 0.3) is 11.1 Å². The fourth-order valence-corrected chi connectivity index (χ4v) is 3.37. The highest BCUT2D eigenvalue weighted by atomic mass is 16.5. The third kappa shape index (κ3) is 3.15. The standard InChI is InChI=1S/C20H22N2O3/c1-12-10-15(20(24)25-3)4-6-16(12)14-5-7-19-17(11-14)18(21)8-9-22(19)13(2)23/h4-7,10-11,18H,8-9,21H2,1-3H3. The number of methoxy groups -OCH3 is 1. The van der Waals surface area contributed by atoms with Gasteiger partial charge in [0, 0.05) is 25.2 Å². The maximum Gasteiger partial charge on any atom is 0.337 e. The molecular formula is C20H22N2O3. The number of anilines is 1. The predicted molar refractivity (Wildman–Crippen MR) is 97.5 cm³/mol. The number of fused-ring (bicyclic) bond motifs is 1. The molecule has 0 bridgehead atoms. The molecule has 0 fully saturated rings. The van der Waals surface area contributed by atoms with Crippen LogP contribution in [0.3, 0.4) is 0 Å². The summed E-state index contributed by atoms with van der Waals surface area (Å²) in [5, 5.41) is 0. The minimum absolute atomic E-state index is 0.0273. The number of carbonyl (C=O) groups excluding carboxylic acids is 2. The van der Waals surface area contributed by atoms with E-state index in [-0.39, 0.29) is 17.9 Å². The van der Waals surface area contributed by atoms with E-state index in [9.17, 15) is 9.59 Å². The van der Waals surface area contributed by atoms with Crippen molar-refractivity contribution in [3.8, 4) is 11.1 Å². The molecule has 1 atom stereocenters. The van der Waals surface area contributed by atoms with Gasteiger partial charge >= 0.3 is 5.97 Å². The zero-order chi connectivity index (χ0) is 18.1. The van der Waals surface area contributed by atoms with E-state index in [4.69, 9.17) is 10.5 Å². The number of benzene rings is 2. The predicted octanol–water partition coefficient (Wildman–Crippen LogP) is 3.21. The highest BCUT2D eigenvalue weighted by Gasteiger charge is 2.25. The first-order valence-electron chi connectivity index (χ1n) is 8.29. The Morgan fingerprint density at radius 1 is 1.20 bits per heavy atom. The summed E-state index contributed by atoms with van der Waals surface area (Å²) in [4.78, 5) is 25.3. The van der Waals surface area contributed by atoms with Gasteiger partial charge in [0.05, 0.1) is 12.7 Å². The van der Waals surface area contributed by atoms with Crippen LogP contribution in [0, 0.1) is 6.92 Å². The minimum atomic E-state index is -0.348. The second-order valence-electron chi connectivity index (χ2n) is 6.36. The Labute approximate surface area is 147 Å². The number of hydrogen-bond acceptors (Lipinski definition) is 4. The molecule has 3 rings (SSSR count). The van der Waals surface area contributed by atoms with Gasteiger partial charge in [0.25, 0.3) is 0 Å². The van der Waals surface area contributed by atoms with E-state index in [1.165, 1.54) is 7.11 Å². The van der Waals surface area contributed by atoms with Gasteiger partial charge in [-0.15, -0.1) is 0 Å². The summed E-state index contributed by atoms with van der Waals surface area (Å²) >= 11 is 0. The monoisotopic (exact) mass is 338 g/mol. The van der Waals surface area contributed by atoms with Crippen LogP contribution >= 0.6 is 0 Å². The number of rotatable bonds is 2. The molecular weight excluding hydrogens is 316 g/mol. The molecule has 0 aromatic heterocycles. The number of esters is 1. The number of nitrogens with zero attached hydrogens (tertiary/aromatic N) is 1. The molecule has 130 valence electrons. The van der Waals surface area contributed by atoms with Gasteiger partial charge in [0.1, 0.15) is 0 Å². The number of aryl methyl sites for hydroxylation is 1. The van der Waals surface area contributed by atoms with E-state index >= 15 is 0 Å². The Kier molecular flexibility index (Phi) is 4.59. The molecule has 5 nitrogen and oxygen atoms in total. The first-order valence-corrected chi connectivity index (χ1v) is 8.29. The van der Waals surface area contributed by atoms with Crippen LogP contribution in [-0.2, 0) is 9.53 Å². The van der Waals surface area contributed by atoms with Crippen molar-refractivity contribution in [3.63, 3.8) is 0 Å². The third-order valence-electron chi connectivity index (χ3n) is 4.72. The average molecular weight is 338 g/mol. The number of hydrogen-bond donors (Lipinski definition) is 1. The lowest BCUT2D eigenvalue weighted by Crippen LogP contribution is -2.36. The quantitative estimate of drug-likeness (QED) is 0.854. The molecule has 2 aromatic carbocycles. The molecule has 0 spiro atoms. The molecule has 0 saturated carbocycles. The number of ether oxygens (including phenoxy) is 1. The molecule has 0 aliphatic carbocycles. The van der Waals surface area contributed by atoms with Gasteiger partial charge in [-0.2, -0.15) is 0 Å². The zero-order valence-electron chi connectivity index (χ0n) is 14.7. The molecule has 5 heteroatoms. The average Bonchev–Trinajstić information content (AvgIpc) is 2.61. The first-order chi connectivity index (χ1) is 11.9. The van der Waals surface area contributed by atoms with Crippen LogP contribution in [0.5, 0.6) is 0 Å². The Morgan fingerprint density at radius 2 is 1.96 bits per heavy atom. The summed E-state index contributed by atoms with van der Waals surface area (Å²) in [6.45, 7) is 4.18. The summed E-state index contributed by atoms with van der Waals surface area (Å²) in [5.74, 6) is -0.321. The van der Waals surface area contributed by atoms with Crippen LogP contribution in [0.15, 0.2) is 36.4 Å². The SMILES string of the molecule is COC(=O)c1ccc(-c2ccc3c(c2)C(N)CCN3C(C)=O)c(C)c1. The second kappa shape index (κ2) is 6.69. The van der Waals surface area contributed by atoms with Gasteiger partial charge in [-0.05, 0) is 59.9 Å². The van der Waals surface area contributed by atoms with Crippen LogP contribution < -0.4 is 10.6 Å². The molecule has 2 aromatic rings. The molecule has 25 heavy (non-hydrogen) atoms. The number of carbonyl (C=O) groups is 2. The van der Waals surface area contributed by atoms with Crippen molar-refractivity contribution in [2.75, 3.05) is 18.6 Å². The van der Waals surface area contributed by atoms with Crippen molar-refractivity contribution < 1.29 is 14.3 Å². The molecule has 1 unspecified atom stereocenters. The van der Waals surface area contributed by atoms with Crippen LogP contribution in [-0.4, -0.2) is 25.5 Å². The van der Waals surface area contributed by atoms with Crippen molar-refractivity contribution in [2.45, 2.75) is 26.3 Å². The molecule has 0 radical (unpaired) electrons. The van der Waals surface area contributed by atoms with Gasteiger partial charge in [-0.25, -0.2) is 4.79 Å². The van der Waals surface area contributed by atoms with Crippen LogP contribution in [0.1, 0.15) is 40.9 Å². The Bertz CT molecular complexity index is 845. The van der Waals surface area contributed by atoms with Crippen LogP contribution in [0.4, 0.5) is 5.69 Å². The molecule has 1 aliphatic rings. The Balaban J connectivity index is 2.04. The highest BCUT2D eigenvalue weighted by Crippen LogP contribution is 2.36. The van der Waals surface area contributed by atoms with Crippen molar-refractivity contribution in [3.05, 3.63) is 53.1 Å². The van der Waals surface area contributed by atoms with Crippen LogP contribution in [0.2, 0.25) is 0 Å². The maximum absolute atomic E-state index is 11.8. The summed E-state index contributed by atoms with van der Waals surface area (Å²) < 4.78 is 4.77. The largest absolute Gasteiger partial charge is 0.465 e. The summed E-state index contributed by atoms with van der Waals surface area (Å²) in [6.07, 6.45) is 0.746. The summed E-state index contributed by atoms with van der Waals surface area (Å²) in [6, 6.07) is 11.4. The van der Waals surface area contributed by atoms with Crippen molar-refractivity contribution in [1.29, 1.82) is 0 Å². The van der Waals surface area contributed by atoms with Gasteiger partial charge in [0.2, 0.25) is 5.91 Å². The van der Waals surface area contributed by atoms with Gasteiger partial charge in [0.15, 0.2) is 0 Å². The molecule has 1 amide bonds. The fraction of sp³-hybridized carbons (Fsp3) is 0.300. The first kappa shape index (κ1) is 17.2. The molecule has 2 N–H and O–H groups in total. The number of nitrogens with two attached hydrogens (primary N) is 1. The smallest absolute Gasteiger partial charge is 0.337 e. The lowest BCUT2D eigenvalue weighted by molar-refractivity contribution is -0.116. The topological polar surface area (TPSA) is 72.6 Å². The number of amides is 1. The molecule has 1 aliphatic heterocycles. The maximum atomic E-state index is 11.8. The fourth-order valence-electron chi connectivity index (χ4n) is 3.37. The van der Waals surface area contributed by atoms with E-state index in [1.54, 1.807) is 17.9 Å². The van der Waals surface area contributed by atoms with Crippen molar-refractivity contribution >= 4 is 17.6 Å². The van der Waals surface area contributed by atoms with E-state index in [0.717, 1.165) is 34.4 Å². The summed E-state index contributed by atoms with van der Waals surface area (Å²) in [7, 11) is 1.37. The van der Waals surface area contributed by atoms with E-state index in [0.29, 0.717) is 12.1 Å². The third-order valence-corrected chi connectivity index (χ3v) is 4.72. The molecule has 1 heterocycles. The second-order valence-corrected chi connectivity index (χ2v) is 6.36. The van der Waals surface area contributed by atoms with Crippen molar-refractivity contribution in [1.82, 2.24) is 0 Å². The van der Waals surface area contributed by atoms with Gasteiger partial charge < -0.3 is 15.4 Å². The Morgan fingerprint density at radius 3 is 2.60 bits per heavy atom.